The number of esters is 1. The Balaban J connectivity index is 1.45. The Morgan fingerprint density at radius 3 is 2.70 bits per heavy atom. The SMILES string of the molecule is Cc1cc(C(=O)OCC(=O)Nc2cc(C3CC3)nn2-c2ccccc2)on1. The Labute approximate surface area is 155 Å². The van der Waals surface area contributed by atoms with Crippen LogP contribution in [0.25, 0.3) is 5.69 Å². The molecule has 0 aliphatic heterocycles. The third-order valence-electron chi connectivity index (χ3n) is 4.16. The van der Waals surface area contributed by atoms with Gasteiger partial charge in [-0.2, -0.15) is 5.10 Å². The Morgan fingerprint density at radius 1 is 1.26 bits per heavy atom. The molecule has 1 aromatic carbocycles. The van der Waals surface area contributed by atoms with E-state index < -0.39 is 18.5 Å². The van der Waals surface area contributed by atoms with Crippen LogP contribution in [-0.2, 0) is 9.53 Å². The molecule has 1 amide bonds. The van der Waals surface area contributed by atoms with Crippen LogP contribution >= 0.6 is 0 Å². The number of carbonyl (C=O) groups excluding carboxylic acids is 2. The minimum atomic E-state index is -0.735. The molecule has 1 fully saturated rings. The molecule has 0 bridgehead atoms. The van der Waals surface area contributed by atoms with Crippen LogP contribution in [0.4, 0.5) is 5.82 Å². The molecule has 2 aromatic heterocycles. The fraction of sp³-hybridized carbons (Fsp3) is 0.263. The van der Waals surface area contributed by atoms with Crippen molar-refractivity contribution in [2.75, 3.05) is 11.9 Å². The maximum Gasteiger partial charge on any atom is 0.377 e. The number of nitrogens with zero attached hydrogens (tertiary/aromatic N) is 3. The third-order valence-corrected chi connectivity index (χ3v) is 4.16. The lowest BCUT2D eigenvalue weighted by molar-refractivity contribution is -0.119. The molecule has 8 nitrogen and oxygen atoms in total. The lowest BCUT2D eigenvalue weighted by Gasteiger charge is -2.08. The minimum absolute atomic E-state index is 0.0364. The molecule has 8 heteroatoms. The first kappa shape index (κ1) is 17.0. The summed E-state index contributed by atoms with van der Waals surface area (Å²) in [5.74, 6) is -0.247. The Hall–Kier alpha value is -3.42. The van der Waals surface area contributed by atoms with E-state index in [1.165, 1.54) is 6.07 Å². The molecule has 2 heterocycles. The normalized spacial score (nSPS) is 13.4. The van der Waals surface area contributed by atoms with Crippen molar-refractivity contribution < 1.29 is 18.8 Å². The molecule has 1 N–H and O–H groups in total. The highest BCUT2D eigenvalue weighted by atomic mass is 16.6. The second-order valence-electron chi connectivity index (χ2n) is 6.43. The summed E-state index contributed by atoms with van der Waals surface area (Å²) < 4.78 is 11.5. The van der Waals surface area contributed by atoms with Crippen molar-refractivity contribution in [3.63, 3.8) is 0 Å². The fourth-order valence-corrected chi connectivity index (χ4v) is 2.67. The van der Waals surface area contributed by atoms with Crippen LogP contribution in [0.3, 0.4) is 0 Å². The van der Waals surface area contributed by atoms with E-state index in [1.807, 2.05) is 36.4 Å². The van der Waals surface area contributed by atoms with Gasteiger partial charge < -0.3 is 14.6 Å². The highest BCUT2D eigenvalue weighted by molar-refractivity contribution is 5.94. The number of hydrogen-bond donors (Lipinski definition) is 1. The zero-order chi connectivity index (χ0) is 18.8. The largest absolute Gasteiger partial charge is 0.450 e. The van der Waals surface area contributed by atoms with Crippen LogP contribution in [0.1, 0.15) is 40.7 Å². The fourth-order valence-electron chi connectivity index (χ4n) is 2.67. The molecule has 0 unspecified atom stereocenters. The maximum absolute atomic E-state index is 12.3. The van der Waals surface area contributed by atoms with Crippen molar-refractivity contribution in [1.82, 2.24) is 14.9 Å². The smallest absolute Gasteiger partial charge is 0.377 e. The van der Waals surface area contributed by atoms with Gasteiger partial charge in [0, 0.05) is 18.1 Å². The topological polar surface area (TPSA) is 99.2 Å². The minimum Gasteiger partial charge on any atom is -0.450 e. The predicted octanol–water partition coefficient (Wildman–Crippen LogP) is 2.84. The Bertz CT molecular complexity index is 973. The van der Waals surface area contributed by atoms with Gasteiger partial charge in [0.25, 0.3) is 5.91 Å². The van der Waals surface area contributed by atoms with Gasteiger partial charge in [-0.15, -0.1) is 0 Å². The van der Waals surface area contributed by atoms with Crippen molar-refractivity contribution in [1.29, 1.82) is 0 Å². The van der Waals surface area contributed by atoms with Crippen molar-refractivity contribution in [2.24, 2.45) is 0 Å². The lowest BCUT2D eigenvalue weighted by atomic mass is 10.3. The number of aromatic nitrogens is 3. The molecular formula is C19H18N4O4. The lowest BCUT2D eigenvalue weighted by Crippen LogP contribution is -2.22. The molecule has 138 valence electrons. The maximum atomic E-state index is 12.3. The summed E-state index contributed by atoms with van der Waals surface area (Å²) in [6.45, 7) is 1.26. The monoisotopic (exact) mass is 366 g/mol. The number of benzene rings is 1. The van der Waals surface area contributed by atoms with E-state index in [0.717, 1.165) is 24.2 Å². The molecule has 3 aromatic rings. The molecule has 0 atom stereocenters. The van der Waals surface area contributed by atoms with Gasteiger partial charge in [0.2, 0.25) is 5.76 Å². The van der Waals surface area contributed by atoms with E-state index in [1.54, 1.807) is 11.6 Å². The number of hydrogen-bond acceptors (Lipinski definition) is 6. The molecule has 4 rings (SSSR count). The average molecular weight is 366 g/mol. The van der Waals surface area contributed by atoms with Crippen LogP contribution in [0.2, 0.25) is 0 Å². The van der Waals surface area contributed by atoms with E-state index in [0.29, 0.717) is 17.4 Å². The van der Waals surface area contributed by atoms with Crippen LogP contribution in [-0.4, -0.2) is 33.4 Å². The van der Waals surface area contributed by atoms with Gasteiger partial charge in [-0.05, 0) is 31.9 Å². The standard InChI is InChI=1S/C19H18N4O4/c1-12-9-16(27-22-12)19(25)26-11-18(24)20-17-10-15(13-7-8-13)21-23(17)14-5-3-2-4-6-14/h2-6,9-10,13H,7-8,11H2,1H3,(H,20,24). The van der Waals surface area contributed by atoms with Crippen molar-refractivity contribution in [3.8, 4) is 5.69 Å². The summed E-state index contributed by atoms with van der Waals surface area (Å²) in [5, 5.41) is 11.0. The summed E-state index contributed by atoms with van der Waals surface area (Å²) in [6, 6.07) is 12.9. The molecule has 0 saturated heterocycles. The summed E-state index contributed by atoms with van der Waals surface area (Å²) in [5.41, 5.74) is 2.35. The van der Waals surface area contributed by atoms with Gasteiger partial charge in [-0.1, -0.05) is 23.4 Å². The van der Waals surface area contributed by atoms with E-state index in [9.17, 15) is 9.59 Å². The number of rotatable bonds is 6. The van der Waals surface area contributed by atoms with Crippen molar-refractivity contribution in [3.05, 3.63) is 59.6 Å². The number of anilines is 1. The summed E-state index contributed by atoms with van der Waals surface area (Å²) in [7, 11) is 0. The van der Waals surface area contributed by atoms with E-state index in [4.69, 9.17) is 9.26 Å². The third kappa shape index (κ3) is 3.89. The van der Waals surface area contributed by atoms with Crippen molar-refractivity contribution in [2.45, 2.75) is 25.7 Å². The number of aryl methyl sites for hydroxylation is 1. The van der Waals surface area contributed by atoms with Crippen molar-refractivity contribution >= 4 is 17.7 Å². The number of ether oxygens (including phenoxy) is 1. The van der Waals surface area contributed by atoms with Crippen LogP contribution in [0.5, 0.6) is 0 Å². The van der Waals surface area contributed by atoms with Crippen LogP contribution in [0.15, 0.2) is 47.0 Å². The highest BCUT2D eigenvalue weighted by Crippen LogP contribution is 2.40. The molecule has 0 radical (unpaired) electrons. The van der Waals surface area contributed by atoms with Gasteiger partial charge in [0.1, 0.15) is 5.82 Å². The quantitative estimate of drug-likeness (QED) is 0.674. The summed E-state index contributed by atoms with van der Waals surface area (Å²) >= 11 is 0. The summed E-state index contributed by atoms with van der Waals surface area (Å²) in [6.07, 6.45) is 2.21. The average Bonchev–Trinajstić information content (AvgIpc) is 3.30. The van der Waals surface area contributed by atoms with E-state index >= 15 is 0 Å². The van der Waals surface area contributed by atoms with Gasteiger partial charge in [-0.25, -0.2) is 9.48 Å². The first-order chi connectivity index (χ1) is 13.1. The molecule has 1 saturated carbocycles. The molecular weight excluding hydrogens is 348 g/mol. The number of amides is 1. The van der Waals surface area contributed by atoms with Crippen LogP contribution < -0.4 is 5.32 Å². The Kier molecular flexibility index (Phi) is 4.45. The second kappa shape index (κ2) is 7.06. The van der Waals surface area contributed by atoms with Gasteiger partial charge in [0.15, 0.2) is 6.61 Å². The van der Waals surface area contributed by atoms with Gasteiger partial charge in [-0.3, -0.25) is 4.79 Å². The number of para-hydroxylation sites is 1. The molecule has 1 aliphatic rings. The Morgan fingerprint density at radius 2 is 2.04 bits per heavy atom. The number of carbonyl (C=O) groups is 2. The highest BCUT2D eigenvalue weighted by Gasteiger charge is 2.28. The molecule has 27 heavy (non-hydrogen) atoms. The first-order valence-corrected chi connectivity index (χ1v) is 8.66. The number of nitrogens with one attached hydrogen (secondary N) is 1. The second-order valence-corrected chi connectivity index (χ2v) is 6.43. The zero-order valence-corrected chi connectivity index (χ0v) is 14.7. The van der Waals surface area contributed by atoms with Crippen LogP contribution in [0, 0.1) is 6.92 Å². The molecule has 0 spiro atoms. The van der Waals surface area contributed by atoms with E-state index in [2.05, 4.69) is 15.6 Å². The zero-order valence-electron chi connectivity index (χ0n) is 14.7. The summed E-state index contributed by atoms with van der Waals surface area (Å²) in [4.78, 5) is 24.1. The van der Waals surface area contributed by atoms with Gasteiger partial charge in [0.05, 0.1) is 17.1 Å². The van der Waals surface area contributed by atoms with Gasteiger partial charge >= 0.3 is 5.97 Å². The predicted molar refractivity (Wildman–Crippen MR) is 95.7 cm³/mol. The first-order valence-electron chi connectivity index (χ1n) is 8.66. The molecule has 1 aliphatic carbocycles. The van der Waals surface area contributed by atoms with E-state index in [-0.39, 0.29) is 5.76 Å².